The van der Waals surface area contributed by atoms with E-state index in [1.54, 1.807) is 0 Å². The highest BCUT2D eigenvalue weighted by Gasteiger charge is 2.28. The molecule has 2 N–H and O–H groups in total. The van der Waals surface area contributed by atoms with Gasteiger partial charge in [-0.15, -0.1) is 0 Å². The number of carboxylic acids is 1. The van der Waals surface area contributed by atoms with Crippen LogP contribution in [0.4, 0.5) is 4.39 Å². The maximum Gasteiger partial charge on any atom is 0.338 e. The lowest BCUT2D eigenvalue weighted by molar-refractivity contribution is -0.118. The minimum absolute atomic E-state index is 0.0252. The number of aryl methyl sites for hydroxylation is 1. The summed E-state index contributed by atoms with van der Waals surface area (Å²) in [5.74, 6) is -3.97. The molecule has 0 radical (unpaired) electrons. The van der Waals surface area contributed by atoms with Crippen LogP contribution in [0.2, 0.25) is 0 Å². The van der Waals surface area contributed by atoms with Crippen LogP contribution in [0, 0.1) is 12.7 Å². The van der Waals surface area contributed by atoms with Gasteiger partial charge in [0.05, 0.1) is 10.5 Å². The normalized spacial score (nSPS) is 14.8. The number of hydrogen-bond acceptors (Lipinski definition) is 4. The first-order chi connectivity index (χ1) is 9.70. The van der Waals surface area contributed by atoms with Crippen molar-refractivity contribution in [1.82, 2.24) is 5.32 Å². The molecular formula is C13H14FNO5S. The number of rotatable bonds is 5. The van der Waals surface area contributed by atoms with Crippen LogP contribution in [0.1, 0.15) is 28.8 Å². The van der Waals surface area contributed by atoms with Crippen LogP contribution in [0.25, 0.3) is 0 Å². The molecule has 0 aromatic heterocycles. The number of hydrogen-bond donors (Lipinski definition) is 2. The van der Waals surface area contributed by atoms with Crippen molar-refractivity contribution in [2.24, 2.45) is 0 Å². The maximum absolute atomic E-state index is 13.6. The zero-order valence-electron chi connectivity index (χ0n) is 11.2. The molecule has 1 fully saturated rings. The summed E-state index contributed by atoms with van der Waals surface area (Å²) in [5.41, 5.74) is -0.827. The zero-order valence-corrected chi connectivity index (χ0v) is 12.0. The highest BCUT2D eigenvalue weighted by Crippen LogP contribution is 2.21. The molecule has 0 aliphatic heterocycles. The van der Waals surface area contributed by atoms with Crippen molar-refractivity contribution in [3.8, 4) is 0 Å². The Bertz CT molecular complexity index is 710. The van der Waals surface area contributed by atoms with Crippen molar-refractivity contribution in [2.75, 3.05) is 5.75 Å². The molecule has 21 heavy (non-hydrogen) atoms. The summed E-state index contributed by atoms with van der Waals surface area (Å²) < 4.78 is 37.8. The predicted molar refractivity (Wildman–Crippen MR) is 71.3 cm³/mol. The predicted octanol–water partition coefficient (Wildman–Crippen LogP) is 0.885. The van der Waals surface area contributed by atoms with Crippen LogP contribution in [0.5, 0.6) is 0 Å². The van der Waals surface area contributed by atoms with Crippen LogP contribution in [-0.4, -0.2) is 37.2 Å². The Kier molecular flexibility index (Phi) is 3.99. The number of carbonyl (C=O) groups excluding carboxylic acids is 1. The Morgan fingerprint density at radius 2 is 2.00 bits per heavy atom. The van der Waals surface area contributed by atoms with Crippen molar-refractivity contribution < 1.29 is 27.5 Å². The third-order valence-electron chi connectivity index (χ3n) is 3.08. The molecule has 1 aromatic rings. The van der Waals surface area contributed by atoms with Crippen molar-refractivity contribution >= 4 is 21.7 Å². The van der Waals surface area contributed by atoms with Crippen LogP contribution >= 0.6 is 0 Å². The monoisotopic (exact) mass is 315 g/mol. The smallest absolute Gasteiger partial charge is 0.338 e. The zero-order chi connectivity index (χ0) is 15.8. The van der Waals surface area contributed by atoms with E-state index < -0.39 is 38.8 Å². The Labute approximate surface area is 120 Å². The van der Waals surface area contributed by atoms with Crippen molar-refractivity contribution in [1.29, 1.82) is 0 Å². The van der Waals surface area contributed by atoms with E-state index in [0.717, 1.165) is 25.0 Å². The van der Waals surface area contributed by atoms with Gasteiger partial charge in [0.2, 0.25) is 5.91 Å². The van der Waals surface area contributed by atoms with Crippen molar-refractivity contribution in [2.45, 2.75) is 30.7 Å². The number of carbonyl (C=O) groups is 2. The molecule has 0 saturated heterocycles. The Hall–Kier alpha value is -1.96. The van der Waals surface area contributed by atoms with E-state index in [4.69, 9.17) is 5.11 Å². The minimum atomic E-state index is -4.01. The van der Waals surface area contributed by atoms with Gasteiger partial charge in [-0.2, -0.15) is 0 Å². The highest BCUT2D eigenvalue weighted by atomic mass is 32.2. The second-order valence-corrected chi connectivity index (χ2v) is 7.00. The fraction of sp³-hybridized carbons (Fsp3) is 0.385. The first-order valence-corrected chi connectivity index (χ1v) is 7.91. The number of nitrogens with one attached hydrogen (secondary N) is 1. The Morgan fingerprint density at radius 1 is 1.38 bits per heavy atom. The lowest BCUT2D eigenvalue weighted by Crippen LogP contribution is -2.32. The van der Waals surface area contributed by atoms with Gasteiger partial charge in [0.25, 0.3) is 0 Å². The van der Waals surface area contributed by atoms with Crippen molar-refractivity contribution in [3.63, 3.8) is 0 Å². The number of halogens is 1. The van der Waals surface area contributed by atoms with E-state index >= 15 is 0 Å². The van der Waals surface area contributed by atoms with Gasteiger partial charge < -0.3 is 10.4 Å². The van der Waals surface area contributed by atoms with E-state index in [1.807, 2.05) is 0 Å². The summed E-state index contributed by atoms with van der Waals surface area (Å²) in [7, 11) is -4.01. The fourth-order valence-electron chi connectivity index (χ4n) is 1.82. The third-order valence-corrected chi connectivity index (χ3v) is 4.68. The molecule has 1 aliphatic rings. The van der Waals surface area contributed by atoms with Gasteiger partial charge in [-0.05, 0) is 37.5 Å². The van der Waals surface area contributed by atoms with Gasteiger partial charge in [-0.25, -0.2) is 17.6 Å². The second kappa shape index (κ2) is 5.44. The number of benzene rings is 1. The van der Waals surface area contributed by atoms with Crippen molar-refractivity contribution in [3.05, 3.63) is 29.1 Å². The average Bonchev–Trinajstić information content (AvgIpc) is 3.14. The lowest BCUT2D eigenvalue weighted by Gasteiger charge is -2.08. The minimum Gasteiger partial charge on any atom is -0.478 e. The van der Waals surface area contributed by atoms with E-state index in [1.165, 1.54) is 6.92 Å². The molecule has 0 spiro atoms. The molecule has 0 unspecified atom stereocenters. The molecule has 0 bridgehead atoms. The first-order valence-electron chi connectivity index (χ1n) is 6.26. The van der Waals surface area contributed by atoms with Gasteiger partial charge in [0.15, 0.2) is 9.84 Å². The molecular weight excluding hydrogens is 301 g/mol. The van der Waals surface area contributed by atoms with Gasteiger partial charge in [-0.3, -0.25) is 4.79 Å². The summed E-state index contributed by atoms with van der Waals surface area (Å²) in [6.45, 7) is 1.27. The average molecular weight is 315 g/mol. The quantitative estimate of drug-likeness (QED) is 0.786. The van der Waals surface area contributed by atoms with Gasteiger partial charge >= 0.3 is 5.97 Å². The maximum atomic E-state index is 13.6. The first kappa shape index (κ1) is 15.4. The molecule has 2 rings (SSSR count). The summed E-state index contributed by atoms with van der Waals surface area (Å²) in [6, 6.07) is 1.79. The largest absolute Gasteiger partial charge is 0.478 e. The van der Waals surface area contributed by atoms with Gasteiger partial charge in [0, 0.05) is 6.04 Å². The molecule has 0 atom stereocenters. The van der Waals surface area contributed by atoms with Gasteiger partial charge in [0.1, 0.15) is 11.6 Å². The summed E-state index contributed by atoms with van der Waals surface area (Å²) in [5, 5.41) is 11.4. The van der Waals surface area contributed by atoms with Crippen LogP contribution < -0.4 is 5.32 Å². The molecule has 1 aromatic carbocycles. The highest BCUT2D eigenvalue weighted by molar-refractivity contribution is 7.92. The molecule has 114 valence electrons. The molecule has 1 saturated carbocycles. The summed E-state index contributed by atoms with van der Waals surface area (Å²) >= 11 is 0. The lowest BCUT2D eigenvalue weighted by atomic mass is 10.1. The second-order valence-electron chi connectivity index (χ2n) is 5.01. The molecule has 0 heterocycles. The van der Waals surface area contributed by atoms with Crippen LogP contribution in [-0.2, 0) is 14.6 Å². The summed E-state index contributed by atoms with van der Waals surface area (Å²) in [4.78, 5) is 22.1. The standard InChI is InChI=1S/C13H14FNO5S/c1-7-4-9(5-10(12(7)14)13(17)18)21(19,20)6-11(16)15-8-2-3-8/h4-5,8H,2-3,6H2,1H3,(H,15,16)(H,17,18). The van der Waals surface area contributed by atoms with E-state index in [2.05, 4.69) is 5.32 Å². The SMILES string of the molecule is Cc1cc(S(=O)(=O)CC(=O)NC2CC2)cc(C(=O)O)c1F. The van der Waals surface area contributed by atoms with Crippen LogP contribution in [0.3, 0.4) is 0 Å². The number of sulfone groups is 1. The number of carboxylic acid groups (broad SMARTS) is 1. The Balaban J connectivity index is 2.30. The molecule has 1 aliphatic carbocycles. The Morgan fingerprint density at radius 3 is 2.52 bits per heavy atom. The van der Waals surface area contributed by atoms with E-state index in [0.29, 0.717) is 0 Å². The third kappa shape index (κ3) is 3.57. The number of aromatic carboxylic acids is 1. The molecule has 1 amide bonds. The number of amides is 1. The van der Waals surface area contributed by atoms with E-state index in [9.17, 15) is 22.4 Å². The van der Waals surface area contributed by atoms with Crippen LogP contribution in [0.15, 0.2) is 17.0 Å². The molecule has 6 nitrogen and oxygen atoms in total. The summed E-state index contributed by atoms with van der Waals surface area (Å²) in [6.07, 6.45) is 1.65. The topological polar surface area (TPSA) is 101 Å². The van der Waals surface area contributed by atoms with Gasteiger partial charge in [-0.1, -0.05) is 0 Å². The van der Waals surface area contributed by atoms with E-state index in [-0.39, 0.29) is 16.5 Å². The fourth-order valence-corrected chi connectivity index (χ4v) is 3.07. The molecule has 8 heteroatoms.